The molecule has 12 heteroatoms. The van der Waals surface area contributed by atoms with Crippen LogP contribution in [0.25, 0.3) is 28.4 Å². The van der Waals surface area contributed by atoms with Crippen molar-refractivity contribution in [3.63, 3.8) is 0 Å². The van der Waals surface area contributed by atoms with E-state index in [-0.39, 0.29) is 22.2 Å². The molecule has 0 atom stereocenters. The van der Waals surface area contributed by atoms with E-state index in [0.29, 0.717) is 32.4 Å². The van der Waals surface area contributed by atoms with Crippen molar-refractivity contribution in [3.8, 4) is 5.69 Å². The van der Waals surface area contributed by atoms with Gasteiger partial charge in [0.2, 0.25) is 0 Å². The largest absolute Gasteiger partial charge is 0.434 e. The normalized spacial score (nSPS) is 12.8. The number of nitrogens with zero attached hydrogens (tertiary/aromatic N) is 4. The van der Waals surface area contributed by atoms with Gasteiger partial charge in [0.1, 0.15) is 10.9 Å². The first kappa shape index (κ1) is 23.3. The molecule has 4 aromatic rings. The smallest absolute Gasteiger partial charge is 0.352 e. The molecule has 1 aromatic carbocycles. The molecule has 1 aliphatic rings. The quantitative estimate of drug-likeness (QED) is 0.303. The average Bonchev–Trinajstić information content (AvgIpc) is 3.30. The van der Waals surface area contributed by atoms with Gasteiger partial charge in [0.05, 0.1) is 34.3 Å². The van der Waals surface area contributed by atoms with E-state index in [1.165, 1.54) is 36.7 Å². The molecule has 0 saturated carbocycles. The SMILES string of the molecule is Cc1nc2ccnc(Cl)c2cc1NC(=O)c1cnn(-c2cccc3c2C=CNC3=C=O)c1C(F)(F)F. The van der Waals surface area contributed by atoms with Crippen LogP contribution in [0.3, 0.4) is 0 Å². The van der Waals surface area contributed by atoms with Crippen molar-refractivity contribution in [1.29, 1.82) is 0 Å². The number of hydrogen-bond donors (Lipinski definition) is 2. The van der Waals surface area contributed by atoms with Gasteiger partial charge in [-0.15, -0.1) is 0 Å². The molecular weight excluding hydrogens is 497 g/mol. The van der Waals surface area contributed by atoms with Crippen molar-refractivity contribution < 1.29 is 22.8 Å². The third kappa shape index (κ3) is 3.90. The van der Waals surface area contributed by atoms with Gasteiger partial charge in [-0.25, -0.2) is 14.5 Å². The molecule has 36 heavy (non-hydrogen) atoms. The van der Waals surface area contributed by atoms with E-state index in [1.807, 2.05) is 0 Å². The molecule has 0 fully saturated rings. The van der Waals surface area contributed by atoms with E-state index in [1.54, 1.807) is 25.0 Å². The number of amides is 1. The second-order valence-corrected chi connectivity index (χ2v) is 8.11. The second-order valence-electron chi connectivity index (χ2n) is 7.75. The number of alkyl halides is 3. The van der Waals surface area contributed by atoms with Crippen LogP contribution in [-0.2, 0) is 11.0 Å². The number of carbonyl (C=O) groups excluding carboxylic acids is 2. The fraction of sp³-hybridized carbons (Fsp3) is 0.0833. The summed E-state index contributed by atoms with van der Waals surface area (Å²) >= 11 is 6.11. The van der Waals surface area contributed by atoms with Crippen LogP contribution in [0, 0.1) is 6.92 Å². The molecule has 0 spiro atoms. The standard InChI is InChI=1S/C24H14ClF3N6O2/c1-12-18(9-15-17(32-12)6-8-30-22(15)25)33-23(36)16-10-31-34(21(16)24(26,27)28)20-4-2-3-13-14(20)5-7-29-19(13)11-35/h2-10,29H,1H3,(H,33,36). The Bertz CT molecular complexity index is 1640. The Morgan fingerprint density at radius 1 is 1.25 bits per heavy atom. The van der Waals surface area contributed by atoms with Gasteiger partial charge >= 0.3 is 6.18 Å². The predicted molar refractivity (Wildman–Crippen MR) is 127 cm³/mol. The van der Waals surface area contributed by atoms with Gasteiger partial charge in [-0.3, -0.25) is 9.78 Å². The molecule has 0 unspecified atom stereocenters. The summed E-state index contributed by atoms with van der Waals surface area (Å²) in [5.74, 6) is 0.691. The van der Waals surface area contributed by atoms with Crippen LogP contribution >= 0.6 is 11.6 Å². The Balaban J connectivity index is 1.61. The van der Waals surface area contributed by atoms with Crippen molar-refractivity contribution in [3.05, 3.63) is 82.2 Å². The highest BCUT2D eigenvalue weighted by Crippen LogP contribution is 2.36. The minimum absolute atomic E-state index is 0.0331. The zero-order valence-corrected chi connectivity index (χ0v) is 19.1. The summed E-state index contributed by atoms with van der Waals surface area (Å²) in [5.41, 5.74) is -0.128. The topological polar surface area (TPSA) is 102 Å². The molecule has 0 radical (unpaired) electrons. The Kier molecular flexibility index (Phi) is 5.58. The highest BCUT2D eigenvalue weighted by Gasteiger charge is 2.41. The lowest BCUT2D eigenvalue weighted by atomic mass is 10.0. The van der Waals surface area contributed by atoms with Gasteiger partial charge in [-0.05, 0) is 31.2 Å². The first-order valence-electron chi connectivity index (χ1n) is 10.4. The summed E-state index contributed by atoms with van der Waals surface area (Å²) in [6.07, 6.45) is 0.300. The number of fused-ring (bicyclic) bond motifs is 2. The summed E-state index contributed by atoms with van der Waals surface area (Å²) in [7, 11) is 0. The van der Waals surface area contributed by atoms with Gasteiger partial charge in [-0.1, -0.05) is 23.7 Å². The van der Waals surface area contributed by atoms with Gasteiger partial charge in [-0.2, -0.15) is 18.3 Å². The number of aromatic nitrogens is 4. The minimum atomic E-state index is -4.93. The maximum atomic E-state index is 14.3. The summed E-state index contributed by atoms with van der Waals surface area (Å²) in [5, 5.41) is 9.64. The molecule has 180 valence electrons. The second kappa shape index (κ2) is 8.63. The molecule has 0 bridgehead atoms. The average molecular weight is 511 g/mol. The highest BCUT2D eigenvalue weighted by molar-refractivity contribution is 6.34. The van der Waals surface area contributed by atoms with Gasteiger partial charge < -0.3 is 10.6 Å². The zero-order chi connectivity index (χ0) is 25.6. The maximum Gasteiger partial charge on any atom is 0.434 e. The number of halogens is 4. The number of aryl methyl sites for hydroxylation is 1. The van der Waals surface area contributed by atoms with E-state index in [4.69, 9.17) is 11.6 Å². The lowest BCUT2D eigenvalue weighted by Gasteiger charge is -2.19. The summed E-state index contributed by atoms with van der Waals surface area (Å²) < 4.78 is 43.4. The van der Waals surface area contributed by atoms with Crippen LogP contribution in [0.4, 0.5) is 18.9 Å². The van der Waals surface area contributed by atoms with E-state index in [9.17, 15) is 22.8 Å². The predicted octanol–water partition coefficient (Wildman–Crippen LogP) is 4.79. The number of pyridine rings is 2. The Hall–Kier alpha value is -4.47. The molecule has 3 aromatic heterocycles. The summed E-state index contributed by atoms with van der Waals surface area (Å²) in [4.78, 5) is 32.6. The highest BCUT2D eigenvalue weighted by atomic mass is 35.5. The molecule has 0 saturated heterocycles. The number of benzene rings is 1. The van der Waals surface area contributed by atoms with Crippen LogP contribution in [-0.4, -0.2) is 31.6 Å². The number of rotatable bonds is 3. The minimum Gasteiger partial charge on any atom is -0.352 e. The van der Waals surface area contributed by atoms with Crippen LogP contribution in [0.2, 0.25) is 5.15 Å². The molecule has 2 N–H and O–H groups in total. The molecule has 4 heterocycles. The van der Waals surface area contributed by atoms with E-state index >= 15 is 0 Å². The van der Waals surface area contributed by atoms with Crippen molar-refractivity contribution in [2.75, 3.05) is 5.32 Å². The van der Waals surface area contributed by atoms with E-state index < -0.39 is 23.3 Å². The Morgan fingerprint density at radius 2 is 2.06 bits per heavy atom. The van der Waals surface area contributed by atoms with E-state index in [2.05, 4.69) is 25.7 Å². The van der Waals surface area contributed by atoms with Gasteiger partial charge in [0.15, 0.2) is 11.6 Å². The molecule has 0 aliphatic carbocycles. The van der Waals surface area contributed by atoms with Crippen molar-refractivity contribution in [2.45, 2.75) is 13.1 Å². The molecule has 5 rings (SSSR count). The lowest BCUT2D eigenvalue weighted by Crippen LogP contribution is -2.22. The van der Waals surface area contributed by atoms with Crippen LogP contribution in [0.1, 0.15) is 32.9 Å². The van der Waals surface area contributed by atoms with Crippen molar-refractivity contribution in [1.82, 2.24) is 25.1 Å². The number of nitrogens with one attached hydrogen (secondary N) is 2. The van der Waals surface area contributed by atoms with Crippen LogP contribution in [0.15, 0.2) is 48.9 Å². The van der Waals surface area contributed by atoms with Gasteiger partial charge in [0, 0.05) is 28.9 Å². The Labute approximate surface area is 206 Å². The fourth-order valence-corrected chi connectivity index (χ4v) is 4.15. The first-order valence-corrected chi connectivity index (χ1v) is 10.8. The number of carbonyl (C=O) groups is 1. The Morgan fingerprint density at radius 3 is 2.81 bits per heavy atom. The van der Waals surface area contributed by atoms with Crippen molar-refractivity contribution >= 4 is 51.8 Å². The number of anilines is 1. The fourth-order valence-electron chi connectivity index (χ4n) is 3.95. The summed E-state index contributed by atoms with van der Waals surface area (Å²) in [6.45, 7) is 1.60. The first-order chi connectivity index (χ1) is 17.2. The molecular formula is C24H14ClF3N6O2. The third-order valence-electron chi connectivity index (χ3n) is 5.58. The molecule has 1 amide bonds. The summed E-state index contributed by atoms with van der Waals surface area (Å²) in [6, 6.07) is 7.58. The van der Waals surface area contributed by atoms with Crippen molar-refractivity contribution in [2.24, 2.45) is 0 Å². The lowest BCUT2D eigenvalue weighted by molar-refractivity contribution is -0.143. The molecule has 1 aliphatic heterocycles. The number of hydrogen-bond acceptors (Lipinski definition) is 6. The van der Waals surface area contributed by atoms with Crippen LogP contribution < -0.4 is 10.6 Å². The van der Waals surface area contributed by atoms with Gasteiger partial charge in [0.25, 0.3) is 5.91 Å². The maximum absolute atomic E-state index is 14.3. The van der Waals surface area contributed by atoms with Crippen LogP contribution in [0.5, 0.6) is 0 Å². The van der Waals surface area contributed by atoms with E-state index in [0.717, 1.165) is 6.20 Å². The monoisotopic (exact) mass is 510 g/mol. The molecule has 8 nitrogen and oxygen atoms in total. The zero-order valence-electron chi connectivity index (χ0n) is 18.3. The third-order valence-corrected chi connectivity index (χ3v) is 5.88.